The van der Waals surface area contributed by atoms with Gasteiger partial charge in [-0.25, -0.2) is 4.99 Å². The molecule has 0 radical (unpaired) electrons. The van der Waals surface area contributed by atoms with Crippen molar-refractivity contribution in [3.8, 4) is 34.3 Å². The number of nitrogens with zero attached hydrogens (tertiary/aromatic N) is 3. The van der Waals surface area contributed by atoms with E-state index in [0.29, 0.717) is 23.8 Å². The first kappa shape index (κ1) is 22.4. The zero-order valence-electron chi connectivity index (χ0n) is 18.9. The molecule has 0 aliphatic heterocycles. The molecule has 0 spiro atoms. The molecular weight excluding hydrogens is 438 g/mol. The van der Waals surface area contributed by atoms with Crippen molar-refractivity contribution in [3.63, 3.8) is 0 Å². The van der Waals surface area contributed by atoms with Gasteiger partial charge in [0, 0.05) is 17.1 Å². The molecule has 7 nitrogen and oxygen atoms in total. The van der Waals surface area contributed by atoms with Gasteiger partial charge >= 0.3 is 0 Å². The lowest BCUT2D eigenvalue weighted by Gasteiger charge is -2.15. The van der Waals surface area contributed by atoms with Gasteiger partial charge in [0.15, 0.2) is 16.3 Å². The Morgan fingerprint density at radius 1 is 0.909 bits per heavy atom. The van der Waals surface area contributed by atoms with Gasteiger partial charge in [-0.15, -0.1) is 11.3 Å². The predicted octanol–water partition coefficient (Wildman–Crippen LogP) is 4.93. The average molecular weight is 464 g/mol. The zero-order valence-corrected chi connectivity index (χ0v) is 19.8. The number of ether oxygens (including phenoxy) is 4. The van der Waals surface area contributed by atoms with Crippen molar-refractivity contribution in [1.29, 1.82) is 0 Å². The number of rotatable bonds is 8. The lowest BCUT2D eigenvalue weighted by atomic mass is 10.1. The minimum atomic E-state index is 0.556. The number of aromatic nitrogens is 2. The van der Waals surface area contributed by atoms with E-state index in [-0.39, 0.29) is 0 Å². The third kappa shape index (κ3) is 4.85. The zero-order chi connectivity index (χ0) is 23.2. The molecule has 0 atom stereocenters. The molecule has 4 rings (SSSR count). The Morgan fingerprint density at radius 2 is 1.64 bits per heavy atom. The van der Waals surface area contributed by atoms with Crippen LogP contribution in [0.2, 0.25) is 0 Å². The summed E-state index contributed by atoms with van der Waals surface area (Å²) in [4.78, 5) is 9.88. The van der Waals surface area contributed by atoms with Gasteiger partial charge in [0.2, 0.25) is 5.75 Å². The molecule has 2 aromatic carbocycles. The molecule has 0 saturated carbocycles. The van der Waals surface area contributed by atoms with Crippen LogP contribution in [0, 0.1) is 0 Å². The largest absolute Gasteiger partial charge is 0.497 e. The number of methoxy groups -OCH3 is 4. The smallest absolute Gasteiger partial charge is 0.203 e. The second kappa shape index (κ2) is 10.2. The first-order valence-electron chi connectivity index (χ1n) is 10.2. The SMILES string of the molecule is COc1ccc(Cn2c(-c3cc(OC)c(OC)c(OC)c3)csc2=Nc2cccnc2)cc1. The molecule has 0 saturated heterocycles. The third-order valence-corrected chi connectivity index (χ3v) is 5.99. The Kier molecular flexibility index (Phi) is 6.95. The van der Waals surface area contributed by atoms with Crippen LogP contribution in [-0.4, -0.2) is 38.0 Å². The molecule has 8 heteroatoms. The van der Waals surface area contributed by atoms with Crippen molar-refractivity contribution >= 4 is 17.0 Å². The van der Waals surface area contributed by atoms with E-state index in [1.807, 2.05) is 36.4 Å². The fraction of sp³-hybridized carbons (Fsp3) is 0.200. The Bertz CT molecular complexity index is 1260. The highest BCUT2D eigenvalue weighted by atomic mass is 32.1. The van der Waals surface area contributed by atoms with Crippen molar-refractivity contribution in [3.05, 3.63) is 76.7 Å². The quantitative estimate of drug-likeness (QED) is 0.371. The van der Waals surface area contributed by atoms with Crippen LogP contribution in [0.3, 0.4) is 0 Å². The first-order chi connectivity index (χ1) is 16.2. The lowest BCUT2D eigenvalue weighted by Crippen LogP contribution is -2.16. The molecule has 170 valence electrons. The van der Waals surface area contributed by atoms with E-state index in [9.17, 15) is 0 Å². The van der Waals surface area contributed by atoms with E-state index in [1.165, 1.54) is 0 Å². The van der Waals surface area contributed by atoms with E-state index < -0.39 is 0 Å². The minimum absolute atomic E-state index is 0.556. The van der Waals surface area contributed by atoms with Gasteiger partial charge in [0.1, 0.15) is 5.75 Å². The first-order valence-corrected chi connectivity index (χ1v) is 11.1. The Hall–Kier alpha value is -3.78. The Balaban J connectivity index is 1.87. The molecule has 0 aliphatic carbocycles. The summed E-state index contributed by atoms with van der Waals surface area (Å²) in [6, 6.07) is 15.7. The summed E-state index contributed by atoms with van der Waals surface area (Å²) in [6.07, 6.45) is 3.48. The monoisotopic (exact) mass is 463 g/mol. The lowest BCUT2D eigenvalue weighted by molar-refractivity contribution is 0.324. The van der Waals surface area contributed by atoms with Crippen LogP contribution in [0.4, 0.5) is 5.69 Å². The summed E-state index contributed by atoms with van der Waals surface area (Å²) in [6.45, 7) is 0.624. The van der Waals surface area contributed by atoms with Crippen molar-refractivity contribution in [2.45, 2.75) is 6.54 Å². The summed E-state index contributed by atoms with van der Waals surface area (Å²) < 4.78 is 24.1. The van der Waals surface area contributed by atoms with E-state index in [1.54, 1.807) is 52.2 Å². The number of benzene rings is 2. The summed E-state index contributed by atoms with van der Waals surface area (Å²) in [5.41, 5.74) is 3.83. The molecule has 0 N–H and O–H groups in total. The van der Waals surface area contributed by atoms with Gasteiger partial charge in [0.25, 0.3) is 0 Å². The van der Waals surface area contributed by atoms with Gasteiger partial charge in [-0.1, -0.05) is 12.1 Å². The van der Waals surface area contributed by atoms with Crippen LogP contribution in [0.5, 0.6) is 23.0 Å². The standard InChI is InChI=1S/C25H25N3O4S/c1-29-20-9-7-17(8-10-20)15-28-21(16-33-25(28)27-19-6-5-11-26-14-19)18-12-22(30-2)24(32-4)23(13-18)31-3/h5-14,16H,15H2,1-4H3. The molecular formula is C25H25N3O4S. The Morgan fingerprint density at radius 3 is 2.21 bits per heavy atom. The molecule has 0 amide bonds. The van der Waals surface area contributed by atoms with Gasteiger partial charge in [-0.05, 0) is 42.0 Å². The molecule has 4 aromatic rings. The van der Waals surface area contributed by atoms with Crippen LogP contribution >= 0.6 is 11.3 Å². The van der Waals surface area contributed by atoms with Crippen molar-refractivity contribution in [2.24, 2.45) is 4.99 Å². The molecule has 0 fully saturated rings. The van der Waals surface area contributed by atoms with Gasteiger partial charge in [-0.2, -0.15) is 0 Å². The minimum Gasteiger partial charge on any atom is -0.497 e. The van der Waals surface area contributed by atoms with Crippen LogP contribution in [0.1, 0.15) is 5.56 Å². The fourth-order valence-corrected chi connectivity index (χ4v) is 4.40. The molecule has 0 bridgehead atoms. The summed E-state index contributed by atoms with van der Waals surface area (Å²) in [5.74, 6) is 2.57. The second-order valence-electron chi connectivity index (χ2n) is 7.07. The topological polar surface area (TPSA) is 67.1 Å². The van der Waals surface area contributed by atoms with E-state index in [4.69, 9.17) is 23.9 Å². The molecule has 0 unspecified atom stereocenters. The Labute approximate surface area is 196 Å². The summed E-state index contributed by atoms with van der Waals surface area (Å²) in [7, 11) is 6.49. The number of thiazole rings is 1. The second-order valence-corrected chi connectivity index (χ2v) is 7.91. The highest BCUT2D eigenvalue weighted by molar-refractivity contribution is 7.07. The van der Waals surface area contributed by atoms with E-state index >= 15 is 0 Å². The normalized spacial score (nSPS) is 11.3. The molecule has 2 heterocycles. The highest BCUT2D eigenvalue weighted by Gasteiger charge is 2.17. The molecule has 33 heavy (non-hydrogen) atoms. The highest BCUT2D eigenvalue weighted by Crippen LogP contribution is 2.41. The molecule has 2 aromatic heterocycles. The predicted molar refractivity (Wildman–Crippen MR) is 129 cm³/mol. The summed E-state index contributed by atoms with van der Waals surface area (Å²) in [5, 5.41) is 2.08. The van der Waals surface area contributed by atoms with E-state index in [2.05, 4.69) is 27.1 Å². The van der Waals surface area contributed by atoms with E-state index in [0.717, 1.165) is 33.1 Å². The average Bonchev–Trinajstić information content (AvgIpc) is 3.25. The molecule has 0 aliphatic rings. The van der Waals surface area contributed by atoms with Crippen LogP contribution in [0.25, 0.3) is 11.3 Å². The van der Waals surface area contributed by atoms with Crippen LogP contribution in [0.15, 0.2) is 71.3 Å². The number of pyridine rings is 1. The van der Waals surface area contributed by atoms with Gasteiger partial charge in [-0.3, -0.25) is 4.98 Å². The third-order valence-electron chi connectivity index (χ3n) is 5.13. The maximum atomic E-state index is 5.57. The van der Waals surface area contributed by atoms with Gasteiger partial charge < -0.3 is 23.5 Å². The number of hydrogen-bond acceptors (Lipinski definition) is 7. The maximum Gasteiger partial charge on any atom is 0.203 e. The van der Waals surface area contributed by atoms with Crippen molar-refractivity contribution in [1.82, 2.24) is 9.55 Å². The van der Waals surface area contributed by atoms with Crippen LogP contribution < -0.4 is 23.7 Å². The fourth-order valence-electron chi connectivity index (χ4n) is 3.47. The van der Waals surface area contributed by atoms with Gasteiger partial charge in [0.05, 0.1) is 52.6 Å². The summed E-state index contributed by atoms with van der Waals surface area (Å²) >= 11 is 1.56. The van der Waals surface area contributed by atoms with Crippen molar-refractivity contribution < 1.29 is 18.9 Å². The maximum absolute atomic E-state index is 5.57. The van der Waals surface area contributed by atoms with Crippen molar-refractivity contribution in [2.75, 3.05) is 28.4 Å². The van der Waals surface area contributed by atoms with Crippen LogP contribution in [-0.2, 0) is 6.54 Å². The number of hydrogen-bond donors (Lipinski definition) is 0.